The second-order valence-corrected chi connectivity index (χ2v) is 9.26. The molecule has 6 nitrogen and oxygen atoms in total. The van der Waals surface area contributed by atoms with Crippen LogP contribution in [0.4, 0.5) is 33.3 Å². The zero-order valence-corrected chi connectivity index (χ0v) is 20.3. The van der Waals surface area contributed by atoms with Gasteiger partial charge in [-0.05, 0) is 62.1 Å². The van der Waals surface area contributed by atoms with Gasteiger partial charge < -0.3 is 15.5 Å². The molecule has 0 bridgehead atoms. The number of carbonyl (C=O) groups excluding carboxylic acids is 2. The summed E-state index contributed by atoms with van der Waals surface area (Å²) in [4.78, 5) is 29.9. The van der Waals surface area contributed by atoms with E-state index in [4.69, 9.17) is 11.6 Å². The lowest BCUT2D eigenvalue weighted by Crippen LogP contribution is -2.46. The van der Waals surface area contributed by atoms with E-state index < -0.39 is 41.0 Å². The van der Waals surface area contributed by atoms with E-state index in [1.807, 2.05) is 5.32 Å². The smallest absolute Gasteiger partial charge is 0.371 e. The van der Waals surface area contributed by atoms with Crippen molar-refractivity contribution < 1.29 is 31.5 Å². The summed E-state index contributed by atoms with van der Waals surface area (Å²) in [6.45, 7) is 0. The summed E-state index contributed by atoms with van der Waals surface area (Å²) in [5.74, 6) is -4.27. The summed E-state index contributed by atoms with van der Waals surface area (Å²) in [5, 5.41) is 5.34. The molecule has 0 spiro atoms. The maximum atomic E-state index is 13.7. The molecule has 1 saturated carbocycles. The number of hydrogen-bond acceptors (Lipinski definition) is 4. The van der Waals surface area contributed by atoms with E-state index in [0.717, 1.165) is 24.3 Å². The summed E-state index contributed by atoms with van der Waals surface area (Å²) >= 11 is 6.09. The molecular formula is C25H22ClF5N4O2. The SMILES string of the molecule is CN(c1cc(C(F)(F)F)nc2ccc(Cl)cc12)C1CCC(NC(=O)C(=O)Nc2c(F)cccc2F)CC1. The number of anilines is 2. The van der Waals surface area contributed by atoms with Crippen LogP contribution in [-0.2, 0) is 15.8 Å². The van der Waals surface area contributed by atoms with Crippen LogP contribution in [0.5, 0.6) is 0 Å². The maximum absolute atomic E-state index is 13.7. The van der Waals surface area contributed by atoms with Crippen LogP contribution in [0.1, 0.15) is 31.4 Å². The lowest BCUT2D eigenvalue weighted by molar-refractivity contribution is -0.140. The molecule has 0 radical (unpaired) electrons. The summed E-state index contributed by atoms with van der Waals surface area (Å²) in [6.07, 6.45) is -2.72. The quantitative estimate of drug-likeness (QED) is 0.329. The number of para-hydroxylation sites is 1. The molecule has 12 heteroatoms. The Hall–Kier alpha value is -3.47. The number of aromatic nitrogens is 1. The third-order valence-corrected chi connectivity index (χ3v) is 6.64. The van der Waals surface area contributed by atoms with Crippen LogP contribution in [0, 0.1) is 11.6 Å². The largest absolute Gasteiger partial charge is 0.433 e. The van der Waals surface area contributed by atoms with Gasteiger partial charge in [-0.3, -0.25) is 9.59 Å². The number of pyridine rings is 1. The Balaban J connectivity index is 1.42. The Morgan fingerprint density at radius 2 is 1.65 bits per heavy atom. The number of benzene rings is 2. The second-order valence-electron chi connectivity index (χ2n) is 8.83. The fourth-order valence-electron chi connectivity index (χ4n) is 4.46. The topological polar surface area (TPSA) is 74.3 Å². The first-order valence-corrected chi connectivity index (χ1v) is 11.8. The van der Waals surface area contributed by atoms with Crippen LogP contribution in [0.3, 0.4) is 0 Å². The molecule has 1 fully saturated rings. The van der Waals surface area contributed by atoms with Gasteiger partial charge >= 0.3 is 18.0 Å². The van der Waals surface area contributed by atoms with Crippen LogP contribution in [-0.4, -0.2) is 35.9 Å². The van der Waals surface area contributed by atoms with Crippen molar-refractivity contribution in [2.24, 2.45) is 0 Å². The number of amides is 2. The molecule has 1 aliphatic carbocycles. The highest BCUT2D eigenvalue weighted by atomic mass is 35.5. The molecule has 2 aromatic carbocycles. The first-order chi connectivity index (χ1) is 17.4. The Bertz CT molecular complexity index is 1320. The van der Waals surface area contributed by atoms with E-state index in [-0.39, 0.29) is 17.6 Å². The number of carbonyl (C=O) groups is 2. The van der Waals surface area contributed by atoms with Gasteiger partial charge in [-0.25, -0.2) is 13.8 Å². The van der Waals surface area contributed by atoms with Gasteiger partial charge in [-0.15, -0.1) is 0 Å². The van der Waals surface area contributed by atoms with E-state index >= 15 is 0 Å². The van der Waals surface area contributed by atoms with Gasteiger partial charge in [0, 0.05) is 35.2 Å². The van der Waals surface area contributed by atoms with E-state index in [1.54, 1.807) is 18.0 Å². The van der Waals surface area contributed by atoms with Crippen LogP contribution in [0.25, 0.3) is 10.9 Å². The number of hydrogen-bond donors (Lipinski definition) is 2. The highest BCUT2D eigenvalue weighted by Gasteiger charge is 2.35. The highest BCUT2D eigenvalue weighted by Crippen LogP contribution is 2.37. The van der Waals surface area contributed by atoms with E-state index in [1.165, 1.54) is 12.1 Å². The minimum absolute atomic E-state index is 0.153. The van der Waals surface area contributed by atoms with Gasteiger partial charge in [0.1, 0.15) is 23.0 Å². The van der Waals surface area contributed by atoms with Crippen molar-refractivity contribution in [1.29, 1.82) is 0 Å². The monoisotopic (exact) mass is 540 g/mol. The van der Waals surface area contributed by atoms with E-state index in [0.29, 0.717) is 41.8 Å². The molecule has 1 aromatic heterocycles. The number of nitrogens with zero attached hydrogens (tertiary/aromatic N) is 2. The first kappa shape index (κ1) is 26.6. The summed E-state index contributed by atoms with van der Waals surface area (Å²) in [7, 11) is 1.69. The molecule has 37 heavy (non-hydrogen) atoms. The highest BCUT2D eigenvalue weighted by molar-refractivity contribution is 6.39. The molecule has 0 aliphatic heterocycles. The zero-order valence-electron chi connectivity index (χ0n) is 19.5. The molecule has 0 atom stereocenters. The Morgan fingerprint density at radius 3 is 2.27 bits per heavy atom. The van der Waals surface area contributed by atoms with Crippen molar-refractivity contribution in [3.8, 4) is 0 Å². The van der Waals surface area contributed by atoms with Crippen molar-refractivity contribution in [1.82, 2.24) is 10.3 Å². The van der Waals surface area contributed by atoms with Crippen LogP contribution in [0.15, 0.2) is 42.5 Å². The lowest BCUT2D eigenvalue weighted by Gasteiger charge is -2.36. The predicted octanol–water partition coefficient (Wildman–Crippen LogP) is 5.69. The van der Waals surface area contributed by atoms with Gasteiger partial charge in [0.05, 0.1) is 5.52 Å². The summed E-state index contributed by atoms with van der Waals surface area (Å²) < 4.78 is 67.9. The van der Waals surface area contributed by atoms with E-state index in [2.05, 4.69) is 10.3 Å². The molecule has 1 aliphatic rings. The molecular weight excluding hydrogens is 519 g/mol. The number of fused-ring (bicyclic) bond motifs is 1. The number of rotatable bonds is 4. The average Bonchev–Trinajstić information content (AvgIpc) is 2.85. The van der Waals surface area contributed by atoms with Crippen LogP contribution in [0.2, 0.25) is 5.02 Å². The molecule has 2 amide bonds. The molecule has 196 valence electrons. The van der Waals surface area contributed by atoms with Crippen molar-refractivity contribution >= 4 is 45.7 Å². The second kappa shape index (κ2) is 10.5. The fourth-order valence-corrected chi connectivity index (χ4v) is 4.63. The van der Waals surface area contributed by atoms with Crippen LogP contribution < -0.4 is 15.5 Å². The van der Waals surface area contributed by atoms with Gasteiger partial charge in [0.25, 0.3) is 0 Å². The fraction of sp³-hybridized carbons (Fsp3) is 0.320. The van der Waals surface area contributed by atoms with Crippen molar-refractivity contribution in [2.45, 2.75) is 43.9 Å². The predicted molar refractivity (Wildman–Crippen MR) is 129 cm³/mol. The van der Waals surface area contributed by atoms with Gasteiger partial charge in [0.15, 0.2) is 0 Å². The lowest BCUT2D eigenvalue weighted by atomic mass is 9.89. The van der Waals surface area contributed by atoms with E-state index in [9.17, 15) is 31.5 Å². The summed E-state index contributed by atoms with van der Waals surface area (Å²) in [5.41, 5.74) is -1.23. The number of halogens is 6. The minimum atomic E-state index is -4.63. The number of alkyl halides is 3. The molecule has 2 N–H and O–H groups in total. The van der Waals surface area contributed by atoms with Gasteiger partial charge in [-0.2, -0.15) is 13.2 Å². The Kier molecular flexibility index (Phi) is 7.54. The van der Waals surface area contributed by atoms with Crippen molar-refractivity contribution in [2.75, 3.05) is 17.3 Å². The molecule has 4 rings (SSSR count). The normalized spacial score (nSPS) is 17.9. The van der Waals surface area contributed by atoms with Crippen molar-refractivity contribution in [3.05, 3.63) is 64.8 Å². The third kappa shape index (κ3) is 5.93. The summed E-state index contributed by atoms with van der Waals surface area (Å²) in [6, 6.07) is 7.97. The average molecular weight is 541 g/mol. The van der Waals surface area contributed by atoms with Crippen molar-refractivity contribution in [3.63, 3.8) is 0 Å². The molecule has 0 unspecified atom stereocenters. The Labute approximate surface area is 213 Å². The number of nitrogens with one attached hydrogen (secondary N) is 2. The van der Waals surface area contributed by atoms with Gasteiger partial charge in [0.2, 0.25) is 0 Å². The maximum Gasteiger partial charge on any atom is 0.433 e. The molecule has 1 heterocycles. The zero-order chi connectivity index (χ0) is 26.9. The molecule has 0 saturated heterocycles. The molecule has 3 aromatic rings. The third-order valence-electron chi connectivity index (χ3n) is 6.41. The Morgan fingerprint density at radius 1 is 1.00 bits per heavy atom. The van der Waals surface area contributed by atoms with Gasteiger partial charge in [-0.1, -0.05) is 17.7 Å². The van der Waals surface area contributed by atoms with Crippen LogP contribution >= 0.6 is 11.6 Å². The minimum Gasteiger partial charge on any atom is -0.371 e. The standard InChI is InChI=1S/C25H22ClF5N4O2/c1-35(20-12-21(25(29,30)31)33-19-10-5-13(26)11-16(19)20)15-8-6-14(7-9-15)32-23(36)24(37)34-22-17(27)3-2-4-18(22)28/h2-5,10-12,14-15H,6-9H2,1H3,(H,32,36)(H,34,37). The first-order valence-electron chi connectivity index (χ1n) is 11.4.